The fourth-order valence-corrected chi connectivity index (χ4v) is 5.23. The highest BCUT2D eigenvalue weighted by Crippen LogP contribution is 2.52. The van der Waals surface area contributed by atoms with E-state index in [-0.39, 0.29) is 30.2 Å². The van der Waals surface area contributed by atoms with Gasteiger partial charge in [-0.2, -0.15) is 0 Å². The predicted octanol–water partition coefficient (Wildman–Crippen LogP) is 2.68. The van der Waals surface area contributed by atoms with Crippen molar-refractivity contribution in [2.45, 2.75) is 44.6 Å². The van der Waals surface area contributed by atoms with Crippen molar-refractivity contribution >= 4 is 17.7 Å². The van der Waals surface area contributed by atoms with E-state index in [1.165, 1.54) is 12.8 Å². The summed E-state index contributed by atoms with van der Waals surface area (Å²) in [5.74, 6) is 0.935. The summed E-state index contributed by atoms with van der Waals surface area (Å²) in [6.45, 7) is 1.71. The van der Waals surface area contributed by atoms with Gasteiger partial charge in [0.25, 0.3) is 5.91 Å². The molecule has 0 spiro atoms. The Kier molecular flexibility index (Phi) is 3.74. The SMILES string of the molecule is CN1C(=O)N(CC(=O)c2ccc[nH]2)C(=O)[C@@]1(C)[C@H]1C[C@H]2CC[C@@H]1CC2. The van der Waals surface area contributed by atoms with Gasteiger partial charge in [-0.05, 0) is 56.1 Å². The number of fused-ring (bicyclic) bond motifs is 3. The number of likely N-dealkylation sites (N-methyl/N-ethyl adjacent to an activating group) is 1. The molecule has 6 nitrogen and oxygen atoms in total. The number of hydrogen-bond acceptors (Lipinski definition) is 3. The second-order valence-corrected chi connectivity index (χ2v) is 8.01. The van der Waals surface area contributed by atoms with Gasteiger partial charge < -0.3 is 9.88 Å². The maximum atomic E-state index is 13.2. The molecule has 2 atom stereocenters. The van der Waals surface area contributed by atoms with Gasteiger partial charge >= 0.3 is 6.03 Å². The Morgan fingerprint density at radius 3 is 2.56 bits per heavy atom. The van der Waals surface area contributed by atoms with Gasteiger partial charge in [0.05, 0.1) is 12.2 Å². The van der Waals surface area contributed by atoms with Crippen LogP contribution in [0.15, 0.2) is 18.3 Å². The summed E-state index contributed by atoms with van der Waals surface area (Å²) in [5, 5.41) is 0. The molecule has 2 heterocycles. The van der Waals surface area contributed by atoms with Crippen molar-refractivity contribution in [3.8, 4) is 0 Å². The number of ketones is 1. The van der Waals surface area contributed by atoms with Crippen LogP contribution in [0.4, 0.5) is 4.79 Å². The first-order valence-electron chi connectivity index (χ1n) is 9.19. The van der Waals surface area contributed by atoms with Crippen molar-refractivity contribution in [2.75, 3.05) is 13.6 Å². The van der Waals surface area contributed by atoms with E-state index in [0.29, 0.717) is 17.5 Å². The molecular weight excluding hydrogens is 318 g/mol. The summed E-state index contributed by atoms with van der Waals surface area (Å²) < 4.78 is 0. The monoisotopic (exact) mass is 343 g/mol. The van der Waals surface area contributed by atoms with Crippen molar-refractivity contribution in [3.05, 3.63) is 24.0 Å². The van der Waals surface area contributed by atoms with Gasteiger partial charge in [0.1, 0.15) is 5.54 Å². The number of carbonyl (C=O) groups excluding carboxylic acids is 3. The molecule has 6 heteroatoms. The quantitative estimate of drug-likeness (QED) is 0.675. The molecule has 3 saturated carbocycles. The number of nitrogens with zero attached hydrogens (tertiary/aromatic N) is 2. The van der Waals surface area contributed by atoms with E-state index in [4.69, 9.17) is 0 Å². The lowest BCUT2D eigenvalue weighted by atomic mass is 9.59. The first-order chi connectivity index (χ1) is 11.9. The number of Topliss-reactive ketones (excluding diaryl/α,β-unsaturated/α-hetero) is 1. The maximum absolute atomic E-state index is 13.2. The van der Waals surface area contributed by atoms with Crippen LogP contribution in [-0.4, -0.2) is 51.6 Å². The van der Waals surface area contributed by atoms with Gasteiger partial charge in [-0.25, -0.2) is 4.79 Å². The Balaban J connectivity index is 1.59. The first kappa shape index (κ1) is 16.4. The summed E-state index contributed by atoms with van der Waals surface area (Å²) >= 11 is 0. The number of aromatic amines is 1. The van der Waals surface area contributed by atoms with Gasteiger partial charge in [0.15, 0.2) is 5.78 Å². The molecule has 5 rings (SSSR count). The number of H-pyrrole nitrogens is 1. The zero-order valence-corrected chi connectivity index (χ0v) is 14.8. The summed E-state index contributed by atoms with van der Waals surface area (Å²) in [6, 6.07) is 3.04. The van der Waals surface area contributed by atoms with Crippen molar-refractivity contribution in [3.63, 3.8) is 0 Å². The van der Waals surface area contributed by atoms with Gasteiger partial charge in [-0.3, -0.25) is 14.5 Å². The van der Waals surface area contributed by atoms with E-state index in [1.54, 1.807) is 30.3 Å². The predicted molar refractivity (Wildman–Crippen MR) is 92.0 cm³/mol. The van der Waals surface area contributed by atoms with E-state index >= 15 is 0 Å². The highest BCUT2D eigenvalue weighted by Gasteiger charge is 2.60. The molecule has 1 N–H and O–H groups in total. The minimum atomic E-state index is -0.823. The number of carbonyl (C=O) groups is 3. The Bertz CT molecular complexity index is 706. The average molecular weight is 343 g/mol. The van der Waals surface area contributed by atoms with Gasteiger partial charge in [-0.1, -0.05) is 12.8 Å². The summed E-state index contributed by atoms with van der Waals surface area (Å²) in [5.41, 5.74) is -0.398. The fourth-order valence-electron chi connectivity index (χ4n) is 5.23. The lowest BCUT2D eigenvalue weighted by molar-refractivity contribution is -0.138. The minimum absolute atomic E-state index is 0.196. The smallest absolute Gasteiger partial charge is 0.327 e. The molecule has 25 heavy (non-hydrogen) atoms. The van der Waals surface area contributed by atoms with Crippen LogP contribution in [0.2, 0.25) is 0 Å². The zero-order valence-electron chi connectivity index (χ0n) is 14.8. The molecular formula is C19H25N3O3. The second-order valence-electron chi connectivity index (χ2n) is 8.01. The van der Waals surface area contributed by atoms with Gasteiger partial charge in [0.2, 0.25) is 0 Å². The van der Waals surface area contributed by atoms with E-state index < -0.39 is 5.54 Å². The van der Waals surface area contributed by atoms with Crippen LogP contribution in [0.25, 0.3) is 0 Å². The van der Waals surface area contributed by atoms with E-state index in [9.17, 15) is 14.4 Å². The summed E-state index contributed by atoms with van der Waals surface area (Å²) in [7, 11) is 1.71. The van der Waals surface area contributed by atoms with Crippen molar-refractivity contribution in [1.29, 1.82) is 0 Å². The van der Waals surface area contributed by atoms with Crippen molar-refractivity contribution in [1.82, 2.24) is 14.8 Å². The highest BCUT2D eigenvalue weighted by atomic mass is 16.2. The second kappa shape index (κ2) is 5.71. The first-order valence-corrected chi connectivity index (χ1v) is 9.19. The van der Waals surface area contributed by atoms with Gasteiger partial charge in [0, 0.05) is 13.2 Å². The number of rotatable bonds is 4. The minimum Gasteiger partial charge on any atom is -0.359 e. The topological polar surface area (TPSA) is 73.5 Å². The van der Waals surface area contributed by atoms with Crippen LogP contribution >= 0.6 is 0 Å². The molecule has 0 aromatic carbocycles. The molecule has 0 radical (unpaired) electrons. The van der Waals surface area contributed by atoms with Crippen LogP contribution in [0, 0.1) is 17.8 Å². The zero-order chi connectivity index (χ0) is 17.8. The third-order valence-electron chi connectivity index (χ3n) is 6.86. The molecule has 1 saturated heterocycles. The Labute approximate surface area is 147 Å². The van der Waals surface area contributed by atoms with E-state index in [0.717, 1.165) is 24.2 Å². The number of amides is 3. The molecule has 0 unspecified atom stereocenters. The van der Waals surface area contributed by atoms with E-state index in [2.05, 4.69) is 4.98 Å². The number of hydrogen-bond donors (Lipinski definition) is 1. The lowest BCUT2D eigenvalue weighted by Gasteiger charge is -2.49. The molecule has 1 aromatic heterocycles. The molecule has 3 amide bonds. The van der Waals surface area contributed by atoms with E-state index in [1.807, 2.05) is 6.92 Å². The number of imide groups is 1. The van der Waals surface area contributed by atoms with Crippen LogP contribution < -0.4 is 0 Å². The Morgan fingerprint density at radius 1 is 1.28 bits per heavy atom. The van der Waals surface area contributed by atoms with Crippen LogP contribution in [-0.2, 0) is 4.79 Å². The summed E-state index contributed by atoms with van der Waals surface area (Å²) in [6.07, 6.45) is 7.48. The van der Waals surface area contributed by atoms with Crippen LogP contribution in [0.1, 0.15) is 49.5 Å². The fraction of sp³-hybridized carbons (Fsp3) is 0.632. The van der Waals surface area contributed by atoms with Crippen LogP contribution in [0.5, 0.6) is 0 Å². The summed E-state index contributed by atoms with van der Waals surface area (Å²) in [4.78, 5) is 43.9. The maximum Gasteiger partial charge on any atom is 0.327 e. The molecule has 1 aromatic rings. The molecule has 3 aliphatic carbocycles. The Hall–Kier alpha value is -2.11. The molecule has 4 fully saturated rings. The Morgan fingerprint density at radius 2 is 2.00 bits per heavy atom. The standard InChI is InChI=1S/C19H25N3O3/c1-19(14-10-12-5-7-13(14)8-6-12)17(24)22(18(25)21(19)2)11-16(23)15-4-3-9-20-15/h3-4,9,12-14,20H,5-8,10-11H2,1-2H3/t12-,13+,14-,19+/m0/s1. The molecule has 134 valence electrons. The number of urea groups is 1. The normalized spacial score (nSPS) is 34.9. The van der Waals surface area contributed by atoms with Gasteiger partial charge in [-0.15, -0.1) is 0 Å². The van der Waals surface area contributed by atoms with Crippen molar-refractivity contribution in [2.24, 2.45) is 17.8 Å². The highest BCUT2D eigenvalue weighted by molar-refractivity contribution is 6.10. The third kappa shape index (κ3) is 2.34. The third-order valence-corrected chi connectivity index (χ3v) is 6.86. The number of aromatic nitrogens is 1. The van der Waals surface area contributed by atoms with Crippen molar-refractivity contribution < 1.29 is 14.4 Å². The van der Waals surface area contributed by atoms with Crippen LogP contribution in [0.3, 0.4) is 0 Å². The molecule has 4 aliphatic rings. The lowest BCUT2D eigenvalue weighted by Crippen LogP contribution is -2.56. The molecule has 1 aliphatic heterocycles. The number of nitrogens with one attached hydrogen (secondary N) is 1. The molecule has 2 bridgehead atoms. The average Bonchev–Trinajstić information content (AvgIpc) is 3.23. The largest absolute Gasteiger partial charge is 0.359 e.